The van der Waals surface area contributed by atoms with Gasteiger partial charge < -0.3 is 4.90 Å². The maximum atomic E-state index is 4.54. The lowest BCUT2D eigenvalue weighted by Gasteiger charge is -2.42. The van der Waals surface area contributed by atoms with E-state index in [2.05, 4.69) is 35.9 Å². The summed E-state index contributed by atoms with van der Waals surface area (Å²) in [6.07, 6.45) is 10.2. The zero-order valence-corrected chi connectivity index (χ0v) is 12.7. The number of pyridine rings is 1. The number of hydrogen-bond donors (Lipinski definition) is 0. The van der Waals surface area contributed by atoms with Crippen LogP contribution in [0.1, 0.15) is 12.8 Å². The van der Waals surface area contributed by atoms with Crippen molar-refractivity contribution in [3.05, 3.63) is 43.1 Å². The number of hydrogen-bond acceptors (Lipinski definition) is 5. The lowest BCUT2D eigenvalue weighted by atomic mass is 10.1. The van der Waals surface area contributed by atoms with Gasteiger partial charge in [0, 0.05) is 38.2 Å². The third kappa shape index (κ3) is 2.65. The molecule has 5 nitrogen and oxygen atoms in total. The minimum Gasteiger partial charge on any atom is -0.348 e. The lowest BCUT2D eigenvalue weighted by molar-refractivity contribution is 0.246. The van der Waals surface area contributed by atoms with Crippen molar-refractivity contribution in [1.82, 2.24) is 18.8 Å². The van der Waals surface area contributed by atoms with Gasteiger partial charge in [0.05, 0.1) is 11.4 Å². The summed E-state index contributed by atoms with van der Waals surface area (Å²) in [5.41, 5.74) is 0.335. The molecule has 0 amide bonds. The van der Waals surface area contributed by atoms with Gasteiger partial charge in [-0.2, -0.15) is 0 Å². The molecule has 1 aliphatic heterocycles. The fourth-order valence-electron chi connectivity index (χ4n) is 3.08. The highest BCUT2D eigenvalue weighted by Gasteiger charge is 2.51. The molecule has 21 heavy (non-hydrogen) atoms. The number of nitrogens with zero attached hydrogens (tertiary/aromatic N) is 5. The molecule has 0 atom stereocenters. The molecule has 0 unspecified atom stereocenters. The molecule has 0 N–H and O–H groups in total. The smallest absolute Gasteiger partial charge is 0.129 e. The van der Waals surface area contributed by atoms with Crippen molar-refractivity contribution in [2.75, 3.05) is 30.4 Å². The molecule has 3 heterocycles. The van der Waals surface area contributed by atoms with E-state index in [9.17, 15) is 0 Å². The van der Waals surface area contributed by atoms with Crippen molar-refractivity contribution < 1.29 is 0 Å². The van der Waals surface area contributed by atoms with Crippen LogP contribution in [0.2, 0.25) is 0 Å². The van der Waals surface area contributed by atoms with Crippen molar-refractivity contribution in [2.45, 2.75) is 18.4 Å². The van der Waals surface area contributed by atoms with Crippen LogP contribution in [-0.4, -0.2) is 49.9 Å². The van der Waals surface area contributed by atoms with Crippen LogP contribution in [0.5, 0.6) is 0 Å². The quantitative estimate of drug-likeness (QED) is 0.864. The molecular formula is C15H19N5S. The fraction of sp³-hybridized carbons (Fsp3) is 0.467. The first kappa shape index (κ1) is 13.2. The average Bonchev–Trinajstić information content (AvgIpc) is 3.09. The first-order chi connectivity index (χ1) is 10.4. The largest absolute Gasteiger partial charge is 0.348 e. The van der Waals surface area contributed by atoms with Gasteiger partial charge in [-0.1, -0.05) is 6.07 Å². The van der Waals surface area contributed by atoms with Gasteiger partial charge in [0.25, 0.3) is 0 Å². The van der Waals surface area contributed by atoms with E-state index in [1.807, 2.05) is 31.0 Å². The van der Waals surface area contributed by atoms with E-state index in [1.54, 1.807) is 11.9 Å². The Balaban J connectivity index is 1.41. The van der Waals surface area contributed by atoms with Gasteiger partial charge in [0.15, 0.2) is 0 Å². The maximum absolute atomic E-state index is 4.54. The predicted octanol–water partition coefficient (Wildman–Crippen LogP) is 2.09. The SMILES string of the molecule is c1ccc(N2CCN(CSn3ccnc3)CC23CC3)nc1. The number of rotatable bonds is 4. The highest BCUT2D eigenvalue weighted by molar-refractivity contribution is 7.97. The molecule has 2 aromatic heterocycles. The van der Waals surface area contributed by atoms with Crippen molar-refractivity contribution >= 4 is 17.8 Å². The Morgan fingerprint density at radius 3 is 2.86 bits per heavy atom. The molecule has 1 saturated carbocycles. The Kier molecular flexibility index (Phi) is 3.35. The minimum atomic E-state index is 0.335. The summed E-state index contributed by atoms with van der Waals surface area (Å²) in [6, 6.07) is 6.21. The normalized spacial score (nSPS) is 20.9. The van der Waals surface area contributed by atoms with Gasteiger partial charge in [0.1, 0.15) is 12.1 Å². The topological polar surface area (TPSA) is 37.2 Å². The molecule has 1 aliphatic carbocycles. The van der Waals surface area contributed by atoms with Crippen LogP contribution in [0.15, 0.2) is 43.1 Å². The predicted molar refractivity (Wildman–Crippen MR) is 85.2 cm³/mol. The van der Waals surface area contributed by atoms with Crippen LogP contribution in [0.3, 0.4) is 0 Å². The molecule has 2 aliphatic rings. The first-order valence-electron chi connectivity index (χ1n) is 7.38. The molecule has 0 radical (unpaired) electrons. The van der Waals surface area contributed by atoms with E-state index in [4.69, 9.17) is 0 Å². The van der Waals surface area contributed by atoms with Gasteiger partial charge in [-0.05, 0) is 36.9 Å². The van der Waals surface area contributed by atoms with Gasteiger partial charge in [-0.3, -0.25) is 8.87 Å². The monoisotopic (exact) mass is 301 g/mol. The summed E-state index contributed by atoms with van der Waals surface area (Å²) in [4.78, 5) is 13.7. The first-order valence-corrected chi connectivity index (χ1v) is 8.32. The van der Waals surface area contributed by atoms with Crippen molar-refractivity contribution in [3.63, 3.8) is 0 Å². The van der Waals surface area contributed by atoms with Crippen molar-refractivity contribution in [1.29, 1.82) is 0 Å². The summed E-state index contributed by atoms with van der Waals surface area (Å²) < 4.78 is 2.07. The van der Waals surface area contributed by atoms with E-state index in [0.717, 1.165) is 31.3 Å². The number of piperazine rings is 1. The summed E-state index contributed by atoms with van der Waals surface area (Å²) >= 11 is 1.81. The standard InChI is InChI=1S/C15H19N5S/c1-2-6-17-14(3-1)20-10-9-18(11-15(20)4-5-15)13-21-19-8-7-16-12-19/h1-3,6-8,12H,4-5,9-11,13H2. The lowest BCUT2D eigenvalue weighted by Crippen LogP contribution is -2.55. The number of imidazole rings is 1. The average molecular weight is 301 g/mol. The molecule has 1 spiro atoms. The zero-order valence-electron chi connectivity index (χ0n) is 11.9. The second-order valence-corrected chi connectivity index (χ2v) is 6.74. The Hall–Kier alpha value is -1.53. The van der Waals surface area contributed by atoms with Crippen LogP contribution >= 0.6 is 11.9 Å². The van der Waals surface area contributed by atoms with Crippen molar-refractivity contribution in [3.8, 4) is 0 Å². The Labute approximate surface area is 129 Å². The van der Waals surface area contributed by atoms with E-state index >= 15 is 0 Å². The van der Waals surface area contributed by atoms with E-state index in [-0.39, 0.29) is 0 Å². The van der Waals surface area contributed by atoms with E-state index in [0.29, 0.717) is 5.54 Å². The van der Waals surface area contributed by atoms with Gasteiger partial charge in [-0.25, -0.2) is 9.97 Å². The summed E-state index contributed by atoms with van der Waals surface area (Å²) in [5, 5.41) is 0. The van der Waals surface area contributed by atoms with Gasteiger partial charge in [-0.15, -0.1) is 0 Å². The third-order valence-corrected chi connectivity index (χ3v) is 5.35. The summed E-state index contributed by atoms with van der Waals surface area (Å²) in [6.45, 7) is 3.31. The van der Waals surface area contributed by atoms with Crippen LogP contribution in [0.25, 0.3) is 0 Å². The third-order valence-electron chi connectivity index (χ3n) is 4.35. The number of aromatic nitrogens is 3. The van der Waals surface area contributed by atoms with Crippen LogP contribution in [0, 0.1) is 0 Å². The number of anilines is 1. The van der Waals surface area contributed by atoms with E-state index < -0.39 is 0 Å². The van der Waals surface area contributed by atoms with E-state index in [1.165, 1.54) is 12.8 Å². The highest BCUT2D eigenvalue weighted by atomic mass is 32.2. The molecule has 0 bridgehead atoms. The Morgan fingerprint density at radius 1 is 1.19 bits per heavy atom. The molecule has 2 fully saturated rings. The summed E-state index contributed by atoms with van der Waals surface area (Å²) in [7, 11) is 0. The molecule has 6 heteroatoms. The second kappa shape index (κ2) is 5.35. The molecule has 4 rings (SSSR count). The second-order valence-electron chi connectivity index (χ2n) is 5.80. The Bertz CT molecular complexity index is 581. The van der Waals surface area contributed by atoms with Crippen LogP contribution in [-0.2, 0) is 0 Å². The van der Waals surface area contributed by atoms with Gasteiger partial charge in [0.2, 0.25) is 0 Å². The van der Waals surface area contributed by atoms with Gasteiger partial charge >= 0.3 is 0 Å². The highest BCUT2D eigenvalue weighted by Crippen LogP contribution is 2.46. The Morgan fingerprint density at radius 2 is 2.14 bits per heavy atom. The zero-order chi connectivity index (χ0) is 14.1. The molecule has 1 saturated heterocycles. The molecular weight excluding hydrogens is 282 g/mol. The van der Waals surface area contributed by atoms with Crippen LogP contribution < -0.4 is 4.90 Å². The molecule has 110 valence electrons. The molecule has 2 aromatic rings. The minimum absolute atomic E-state index is 0.335. The molecule has 0 aromatic carbocycles. The summed E-state index contributed by atoms with van der Waals surface area (Å²) in [5.74, 6) is 2.16. The van der Waals surface area contributed by atoms with Crippen LogP contribution in [0.4, 0.5) is 5.82 Å². The fourth-order valence-corrected chi connectivity index (χ4v) is 3.86. The maximum Gasteiger partial charge on any atom is 0.129 e. The van der Waals surface area contributed by atoms with Crippen molar-refractivity contribution in [2.24, 2.45) is 0 Å².